The molecule has 1 aliphatic rings. The third-order valence-electron chi connectivity index (χ3n) is 2.74. The van der Waals surface area contributed by atoms with Crippen LogP contribution < -0.4 is 5.32 Å². The molecule has 1 heterocycles. The molecule has 0 aromatic heterocycles. The van der Waals surface area contributed by atoms with Gasteiger partial charge in [0.15, 0.2) is 0 Å². The van der Waals surface area contributed by atoms with Gasteiger partial charge in [-0.3, -0.25) is 4.79 Å². The molecule has 1 aromatic carbocycles. The SMILES string of the molecule is CN(C)/C=N/c1ccc(NC(=O)C2CC(Br)=NO2)cc1C#N. The number of halogens is 1. The molecule has 1 amide bonds. The van der Waals surface area contributed by atoms with Gasteiger partial charge in [-0.1, -0.05) is 5.16 Å². The predicted octanol–water partition coefficient (Wildman–Crippen LogP) is 2.22. The number of hydrogen-bond acceptors (Lipinski definition) is 5. The summed E-state index contributed by atoms with van der Waals surface area (Å²) in [5.74, 6) is -0.313. The molecule has 8 heteroatoms. The molecule has 1 aromatic rings. The summed E-state index contributed by atoms with van der Waals surface area (Å²) in [6, 6.07) is 7.00. The number of hydrogen-bond donors (Lipinski definition) is 1. The molecule has 1 atom stereocenters. The van der Waals surface area contributed by atoms with Crippen LogP contribution in [0.5, 0.6) is 0 Å². The Morgan fingerprint density at radius 1 is 1.64 bits per heavy atom. The molecule has 1 N–H and O–H groups in total. The van der Waals surface area contributed by atoms with Crippen LogP contribution in [0.25, 0.3) is 0 Å². The van der Waals surface area contributed by atoms with Gasteiger partial charge in [0, 0.05) is 26.2 Å². The van der Waals surface area contributed by atoms with E-state index in [0.29, 0.717) is 28.0 Å². The maximum absolute atomic E-state index is 12.0. The minimum atomic E-state index is -0.661. The second kappa shape index (κ2) is 7.04. The van der Waals surface area contributed by atoms with E-state index in [9.17, 15) is 10.1 Å². The zero-order chi connectivity index (χ0) is 16.1. The lowest BCUT2D eigenvalue weighted by molar-refractivity contribution is -0.125. The second-order valence-corrected chi connectivity index (χ2v) is 5.72. The predicted molar refractivity (Wildman–Crippen MR) is 87.5 cm³/mol. The quantitative estimate of drug-likeness (QED) is 0.655. The van der Waals surface area contributed by atoms with Crippen molar-refractivity contribution in [2.75, 3.05) is 19.4 Å². The van der Waals surface area contributed by atoms with Crippen molar-refractivity contribution < 1.29 is 9.63 Å². The Morgan fingerprint density at radius 2 is 2.41 bits per heavy atom. The Balaban J connectivity index is 2.10. The Kier molecular flexibility index (Phi) is 5.12. The first-order valence-corrected chi connectivity index (χ1v) is 7.22. The van der Waals surface area contributed by atoms with Crippen LogP contribution in [0.15, 0.2) is 28.3 Å². The van der Waals surface area contributed by atoms with E-state index < -0.39 is 6.10 Å². The summed E-state index contributed by atoms with van der Waals surface area (Å²) < 4.78 is 0.596. The number of aliphatic imine (C=N–C) groups is 1. The number of nitrogens with zero attached hydrogens (tertiary/aromatic N) is 4. The van der Waals surface area contributed by atoms with Crippen molar-refractivity contribution in [2.45, 2.75) is 12.5 Å². The van der Waals surface area contributed by atoms with Crippen molar-refractivity contribution in [3.8, 4) is 6.07 Å². The summed E-state index contributed by atoms with van der Waals surface area (Å²) in [6.07, 6.45) is 1.34. The molecule has 0 saturated heterocycles. The lowest BCUT2D eigenvalue weighted by atomic mass is 10.1. The van der Waals surface area contributed by atoms with E-state index in [0.717, 1.165) is 0 Å². The van der Waals surface area contributed by atoms with Gasteiger partial charge in [0.2, 0.25) is 6.10 Å². The molecule has 0 spiro atoms. The van der Waals surface area contributed by atoms with E-state index in [4.69, 9.17) is 4.84 Å². The highest BCUT2D eigenvalue weighted by atomic mass is 79.9. The molecule has 0 fully saturated rings. The monoisotopic (exact) mass is 363 g/mol. The number of carbonyl (C=O) groups excluding carboxylic acids is 1. The smallest absolute Gasteiger partial charge is 0.268 e. The van der Waals surface area contributed by atoms with Crippen molar-refractivity contribution >= 4 is 44.2 Å². The maximum Gasteiger partial charge on any atom is 0.268 e. The number of carbonyl (C=O) groups is 1. The lowest BCUT2D eigenvalue weighted by Crippen LogP contribution is -2.27. The highest BCUT2D eigenvalue weighted by Crippen LogP contribution is 2.23. The Labute approximate surface area is 136 Å². The normalized spacial score (nSPS) is 16.8. The first-order valence-electron chi connectivity index (χ1n) is 6.43. The van der Waals surface area contributed by atoms with Gasteiger partial charge in [0.05, 0.1) is 17.6 Å². The van der Waals surface area contributed by atoms with Gasteiger partial charge in [0.1, 0.15) is 10.7 Å². The summed E-state index contributed by atoms with van der Waals surface area (Å²) >= 11 is 3.18. The van der Waals surface area contributed by atoms with Crippen LogP contribution in [0.3, 0.4) is 0 Å². The number of benzene rings is 1. The average molecular weight is 364 g/mol. The molecule has 0 saturated carbocycles. The molecule has 1 aliphatic heterocycles. The summed E-state index contributed by atoms with van der Waals surface area (Å²) in [5.41, 5.74) is 1.43. The fourth-order valence-corrected chi connectivity index (χ4v) is 2.08. The standard InChI is InChI=1S/C14H14BrN5O2/c1-20(2)8-17-11-4-3-10(5-9(11)7-16)18-14(21)12-6-13(15)19-22-12/h3-5,8,12H,6H2,1-2H3,(H,18,21)/b17-8+. The fraction of sp³-hybridized carbons (Fsp3) is 0.286. The Bertz CT molecular complexity index is 678. The third kappa shape index (κ3) is 4.05. The van der Waals surface area contributed by atoms with Crippen LogP contribution in [0.2, 0.25) is 0 Å². The van der Waals surface area contributed by atoms with E-state index in [1.165, 1.54) is 0 Å². The first-order chi connectivity index (χ1) is 10.5. The number of amides is 1. The minimum Gasteiger partial charge on any atom is -0.381 e. The highest BCUT2D eigenvalue weighted by molar-refractivity contribution is 9.18. The number of nitriles is 1. The lowest BCUT2D eigenvalue weighted by Gasteiger charge is -2.10. The summed E-state index contributed by atoms with van der Waals surface area (Å²) in [7, 11) is 3.68. The minimum absolute atomic E-state index is 0.313. The summed E-state index contributed by atoms with van der Waals surface area (Å²) in [5, 5.41) is 15.6. The molecular formula is C14H14BrN5O2. The maximum atomic E-state index is 12.0. The summed E-state index contributed by atoms with van der Waals surface area (Å²) in [4.78, 5) is 23.0. The van der Waals surface area contributed by atoms with Gasteiger partial charge in [-0.2, -0.15) is 5.26 Å². The molecule has 2 rings (SSSR count). The van der Waals surface area contributed by atoms with E-state index in [-0.39, 0.29) is 5.91 Å². The van der Waals surface area contributed by atoms with Crippen LogP contribution in [-0.4, -0.2) is 42.0 Å². The average Bonchev–Trinajstić information content (AvgIpc) is 2.92. The van der Waals surface area contributed by atoms with Crippen LogP contribution >= 0.6 is 15.9 Å². The molecule has 7 nitrogen and oxygen atoms in total. The van der Waals surface area contributed by atoms with Gasteiger partial charge in [-0.25, -0.2) is 4.99 Å². The van der Waals surface area contributed by atoms with Crippen LogP contribution in [0, 0.1) is 11.3 Å². The van der Waals surface area contributed by atoms with Crippen molar-refractivity contribution in [1.29, 1.82) is 5.26 Å². The molecule has 1 unspecified atom stereocenters. The molecule has 114 valence electrons. The topological polar surface area (TPSA) is 90.1 Å². The van der Waals surface area contributed by atoms with E-state index in [1.54, 1.807) is 29.4 Å². The van der Waals surface area contributed by atoms with E-state index in [1.807, 2.05) is 14.1 Å². The first kappa shape index (κ1) is 16.0. The number of oxime groups is 1. The highest BCUT2D eigenvalue weighted by Gasteiger charge is 2.27. The van der Waals surface area contributed by atoms with Crippen molar-refractivity contribution in [3.63, 3.8) is 0 Å². The second-order valence-electron chi connectivity index (χ2n) is 4.81. The van der Waals surface area contributed by atoms with Gasteiger partial charge >= 0.3 is 0 Å². The van der Waals surface area contributed by atoms with Crippen LogP contribution in [-0.2, 0) is 9.63 Å². The number of anilines is 1. The molecule has 0 aliphatic carbocycles. The van der Waals surface area contributed by atoms with E-state index >= 15 is 0 Å². The largest absolute Gasteiger partial charge is 0.381 e. The third-order valence-corrected chi connectivity index (χ3v) is 3.21. The Morgan fingerprint density at radius 3 is 3.00 bits per heavy atom. The Hall–Kier alpha value is -2.40. The van der Waals surface area contributed by atoms with Crippen LogP contribution in [0.4, 0.5) is 11.4 Å². The molecule has 0 radical (unpaired) electrons. The van der Waals surface area contributed by atoms with E-state index in [2.05, 4.69) is 37.5 Å². The zero-order valence-electron chi connectivity index (χ0n) is 12.1. The summed E-state index contributed by atoms with van der Waals surface area (Å²) in [6.45, 7) is 0. The van der Waals surface area contributed by atoms with Gasteiger partial charge < -0.3 is 15.1 Å². The van der Waals surface area contributed by atoms with Gasteiger partial charge in [0.25, 0.3) is 5.91 Å². The van der Waals surface area contributed by atoms with Crippen molar-refractivity contribution in [3.05, 3.63) is 23.8 Å². The van der Waals surface area contributed by atoms with Gasteiger partial charge in [-0.15, -0.1) is 0 Å². The molecule has 0 bridgehead atoms. The zero-order valence-corrected chi connectivity index (χ0v) is 13.7. The van der Waals surface area contributed by atoms with Gasteiger partial charge in [-0.05, 0) is 34.1 Å². The fourth-order valence-electron chi connectivity index (χ4n) is 1.71. The van der Waals surface area contributed by atoms with Crippen molar-refractivity contribution in [2.24, 2.45) is 10.1 Å². The number of nitrogens with one attached hydrogen (secondary N) is 1. The van der Waals surface area contributed by atoms with Crippen LogP contribution in [0.1, 0.15) is 12.0 Å². The van der Waals surface area contributed by atoms with Crippen molar-refractivity contribution in [1.82, 2.24) is 4.90 Å². The molecule has 22 heavy (non-hydrogen) atoms. The molecular weight excluding hydrogens is 350 g/mol. The number of rotatable bonds is 4.